The predicted octanol–water partition coefficient (Wildman–Crippen LogP) is 3.48. The van der Waals surface area contributed by atoms with Gasteiger partial charge in [0.15, 0.2) is 5.16 Å². The molecule has 0 aliphatic rings. The topological polar surface area (TPSA) is 79.8 Å². The minimum Gasteiger partial charge on any atom is -0.349 e. The first-order valence-electron chi connectivity index (χ1n) is 9.74. The summed E-state index contributed by atoms with van der Waals surface area (Å²) >= 11 is 1.27. The molecule has 3 aromatic rings. The van der Waals surface area contributed by atoms with Gasteiger partial charge in [0.1, 0.15) is 0 Å². The van der Waals surface area contributed by atoms with Gasteiger partial charge in [0.2, 0.25) is 5.91 Å². The smallest absolute Gasteiger partial charge is 0.343 e. The molecule has 1 amide bonds. The maximum atomic E-state index is 12.5. The highest BCUT2D eigenvalue weighted by Crippen LogP contribution is 2.19. The highest BCUT2D eigenvalue weighted by Gasteiger charge is 2.15. The number of aromatic nitrogens is 3. The summed E-state index contributed by atoms with van der Waals surface area (Å²) in [6.45, 7) is 4.61. The summed E-state index contributed by atoms with van der Waals surface area (Å²) in [5.74, 6) is 0.130. The van der Waals surface area contributed by atoms with Gasteiger partial charge < -0.3 is 5.32 Å². The van der Waals surface area contributed by atoms with Crippen molar-refractivity contribution >= 4 is 17.7 Å². The van der Waals surface area contributed by atoms with Crippen molar-refractivity contribution in [2.24, 2.45) is 0 Å². The van der Waals surface area contributed by atoms with Crippen LogP contribution < -0.4 is 11.0 Å². The Morgan fingerprint density at radius 2 is 1.90 bits per heavy atom. The van der Waals surface area contributed by atoms with Crippen LogP contribution in [-0.2, 0) is 17.8 Å². The van der Waals surface area contributed by atoms with Crippen LogP contribution in [0.3, 0.4) is 0 Å². The van der Waals surface area contributed by atoms with Gasteiger partial charge in [0.25, 0.3) is 0 Å². The molecule has 0 saturated heterocycles. The molecule has 0 spiro atoms. The number of amides is 1. The quantitative estimate of drug-likeness (QED) is 0.529. The van der Waals surface area contributed by atoms with Gasteiger partial charge >= 0.3 is 5.69 Å². The zero-order chi connectivity index (χ0) is 20.6. The molecule has 1 heterocycles. The lowest BCUT2D eigenvalue weighted by molar-refractivity contribution is -0.119. The lowest BCUT2D eigenvalue weighted by Crippen LogP contribution is -2.29. The van der Waals surface area contributed by atoms with Crippen molar-refractivity contribution in [3.63, 3.8) is 0 Å². The molecule has 0 radical (unpaired) electrons. The zero-order valence-corrected chi connectivity index (χ0v) is 17.5. The fourth-order valence-corrected chi connectivity index (χ4v) is 3.87. The number of hydrogen-bond acceptors (Lipinski definition) is 4. The largest absolute Gasteiger partial charge is 0.349 e. The standard InChI is InChI=1S/C22H26N4O2S/c1-3-19(18-11-9-16(2)10-12-18)23-20(27)15-29-22-25-24-21(28)26(22)14-13-17-7-5-4-6-8-17/h4-12,19H,3,13-15H2,1-2H3,(H,23,27)(H,24,28)/t19-/m0/s1. The molecule has 2 aromatic carbocycles. The van der Waals surface area contributed by atoms with Crippen LogP contribution in [0.5, 0.6) is 0 Å². The molecule has 7 heteroatoms. The molecule has 0 saturated carbocycles. The molecule has 0 bridgehead atoms. The van der Waals surface area contributed by atoms with Crippen molar-refractivity contribution in [2.45, 2.75) is 44.4 Å². The van der Waals surface area contributed by atoms with E-state index in [0.717, 1.165) is 24.0 Å². The third-order valence-corrected chi connectivity index (χ3v) is 5.72. The van der Waals surface area contributed by atoms with Gasteiger partial charge in [-0.1, -0.05) is 78.8 Å². The fraction of sp³-hybridized carbons (Fsp3) is 0.318. The fourth-order valence-electron chi connectivity index (χ4n) is 3.08. The third kappa shape index (κ3) is 5.84. The number of benzene rings is 2. The molecule has 1 atom stereocenters. The molecule has 0 aliphatic heterocycles. The van der Waals surface area contributed by atoms with Crippen molar-refractivity contribution in [1.29, 1.82) is 0 Å². The predicted molar refractivity (Wildman–Crippen MR) is 116 cm³/mol. The van der Waals surface area contributed by atoms with Crippen LogP contribution in [0.25, 0.3) is 0 Å². The number of H-pyrrole nitrogens is 1. The normalized spacial score (nSPS) is 11.9. The van der Waals surface area contributed by atoms with Crippen LogP contribution in [0.4, 0.5) is 0 Å². The number of rotatable bonds is 9. The van der Waals surface area contributed by atoms with Crippen molar-refractivity contribution < 1.29 is 4.79 Å². The van der Waals surface area contributed by atoms with Crippen LogP contribution in [0.15, 0.2) is 64.5 Å². The monoisotopic (exact) mass is 410 g/mol. The Kier molecular flexibility index (Phi) is 7.30. The summed E-state index contributed by atoms with van der Waals surface area (Å²) in [6, 6.07) is 18.1. The minimum atomic E-state index is -0.255. The number of nitrogens with zero attached hydrogens (tertiary/aromatic N) is 2. The highest BCUT2D eigenvalue weighted by molar-refractivity contribution is 7.99. The first kappa shape index (κ1) is 20.9. The molecule has 2 N–H and O–H groups in total. The van der Waals surface area contributed by atoms with E-state index in [9.17, 15) is 9.59 Å². The van der Waals surface area contributed by atoms with Crippen LogP contribution in [0, 0.1) is 6.92 Å². The number of nitrogens with one attached hydrogen (secondary N) is 2. The average Bonchev–Trinajstić information content (AvgIpc) is 3.10. The lowest BCUT2D eigenvalue weighted by atomic mass is 10.0. The summed E-state index contributed by atoms with van der Waals surface area (Å²) < 4.78 is 1.59. The molecule has 0 unspecified atom stereocenters. The van der Waals surface area contributed by atoms with E-state index in [-0.39, 0.29) is 23.4 Å². The van der Waals surface area contributed by atoms with Crippen LogP contribution in [0.1, 0.15) is 36.1 Å². The molecular weight excluding hydrogens is 384 g/mol. The number of hydrogen-bond donors (Lipinski definition) is 2. The maximum Gasteiger partial charge on any atom is 0.343 e. The second-order valence-corrected chi connectivity index (χ2v) is 7.87. The molecule has 0 aliphatic carbocycles. The number of aromatic amines is 1. The molecule has 3 rings (SSSR count). The van der Waals surface area contributed by atoms with Crippen molar-refractivity contribution in [1.82, 2.24) is 20.1 Å². The van der Waals surface area contributed by atoms with Gasteiger partial charge in [0, 0.05) is 6.54 Å². The molecule has 152 valence electrons. The van der Waals surface area contributed by atoms with Gasteiger partial charge in [-0.3, -0.25) is 9.36 Å². The summed E-state index contributed by atoms with van der Waals surface area (Å²) in [4.78, 5) is 24.5. The SMILES string of the molecule is CC[C@H](NC(=O)CSc1n[nH]c(=O)n1CCc1ccccc1)c1ccc(C)cc1. The molecular formula is C22H26N4O2S. The molecule has 1 aromatic heterocycles. The van der Waals surface area contributed by atoms with Crippen molar-refractivity contribution in [3.05, 3.63) is 81.8 Å². The third-order valence-electron chi connectivity index (χ3n) is 4.75. The molecule has 6 nitrogen and oxygen atoms in total. The van der Waals surface area contributed by atoms with Gasteiger partial charge in [-0.15, -0.1) is 5.10 Å². The van der Waals surface area contributed by atoms with Crippen LogP contribution in [0.2, 0.25) is 0 Å². The molecule has 29 heavy (non-hydrogen) atoms. The number of aryl methyl sites for hydroxylation is 2. The lowest BCUT2D eigenvalue weighted by Gasteiger charge is -2.17. The Morgan fingerprint density at radius 3 is 2.59 bits per heavy atom. The van der Waals surface area contributed by atoms with E-state index in [0.29, 0.717) is 11.7 Å². The van der Waals surface area contributed by atoms with E-state index in [4.69, 9.17) is 0 Å². The first-order valence-corrected chi connectivity index (χ1v) is 10.7. The van der Waals surface area contributed by atoms with E-state index in [1.807, 2.05) is 68.4 Å². The van der Waals surface area contributed by atoms with Gasteiger partial charge in [-0.25, -0.2) is 9.89 Å². The molecule has 0 fully saturated rings. The Bertz CT molecular complexity index is 980. The number of carbonyl (C=O) groups is 1. The Labute approximate surface area is 174 Å². The second kappa shape index (κ2) is 10.1. The Hall–Kier alpha value is -2.80. The minimum absolute atomic E-state index is 0.0249. The van der Waals surface area contributed by atoms with E-state index < -0.39 is 0 Å². The van der Waals surface area contributed by atoms with Gasteiger partial charge in [-0.2, -0.15) is 0 Å². The Morgan fingerprint density at radius 1 is 1.17 bits per heavy atom. The Balaban J connectivity index is 1.57. The van der Waals surface area contributed by atoms with Gasteiger partial charge in [0.05, 0.1) is 11.8 Å². The number of carbonyl (C=O) groups excluding carboxylic acids is 1. The maximum absolute atomic E-state index is 12.5. The highest BCUT2D eigenvalue weighted by atomic mass is 32.2. The van der Waals surface area contributed by atoms with Gasteiger partial charge in [-0.05, 0) is 30.9 Å². The average molecular weight is 411 g/mol. The second-order valence-electron chi connectivity index (χ2n) is 6.93. The zero-order valence-electron chi connectivity index (χ0n) is 16.7. The van der Waals surface area contributed by atoms with Crippen LogP contribution >= 0.6 is 11.8 Å². The summed E-state index contributed by atoms with van der Waals surface area (Å²) in [5.41, 5.74) is 3.18. The summed E-state index contributed by atoms with van der Waals surface area (Å²) in [6.07, 6.45) is 1.54. The van der Waals surface area contributed by atoms with E-state index in [1.54, 1.807) is 4.57 Å². The summed E-state index contributed by atoms with van der Waals surface area (Å²) in [7, 11) is 0. The first-order chi connectivity index (χ1) is 14.1. The summed E-state index contributed by atoms with van der Waals surface area (Å²) in [5, 5.41) is 10.2. The van der Waals surface area contributed by atoms with E-state index in [2.05, 4.69) is 15.5 Å². The van der Waals surface area contributed by atoms with Crippen molar-refractivity contribution in [2.75, 3.05) is 5.75 Å². The van der Waals surface area contributed by atoms with E-state index in [1.165, 1.54) is 17.3 Å². The van der Waals surface area contributed by atoms with Crippen molar-refractivity contribution in [3.8, 4) is 0 Å². The number of thioether (sulfide) groups is 1. The van der Waals surface area contributed by atoms with E-state index >= 15 is 0 Å². The van der Waals surface area contributed by atoms with Crippen LogP contribution in [-0.4, -0.2) is 26.4 Å².